The molecule has 13 heteroatoms. The van der Waals surface area contributed by atoms with Gasteiger partial charge in [-0.2, -0.15) is 0 Å². The molecule has 204 valence electrons. The summed E-state index contributed by atoms with van der Waals surface area (Å²) >= 11 is 0. The van der Waals surface area contributed by atoms with Crippen LogP contribution in [0.15, 0.2) is 30.3 Å². The minimum atomic E-state index is -1.65. The highest BCUT2D eigenvalue weighted by Crippen LogP contribution is 2.08. The maximum Gasteiger partial charge on any atom is 0.326 e. The van der Waals surface area contributed by atoms with Crippen molar-refractivity contribution in [3.05, 3.63) is 35.9 Å². The highest BCUT2D eigenvalue weighted by molar-refractivity contribution is 5.95. The summed E-state index contributed by atoms with van der Waals surface area (Å²) < 4.78 is 0. The molecule has 0 fully saturated rings. The fourth-order valence-electron chi connectivity index (χ4n) is 3.45. The van der Waals surface area contributed by atoms with Crippen LogP contribution < -0.4 is 33.2 Å². The highest BCUT2D eigenvalue weighted by Gasteiger charge is 2.31. The van der Waals surface area contributed by atoms with Crippen LogP contribution in [0.5, 0.6) is 0 Å². The maximum absolute atomic E-state index is 13.2. The van der Waals surface area contributed by atoms with Crippen LogP contribution >= 0.6 is 0 Å². The third kappa shape index (κ3) is 12.0. The number of nitrogens with one attached hydrogen (secondary N) is 3. The van der Waals surface area contributed by atoms with Crippen LogP contribution in [0.2, 0.25) is 0 Å². The molecule has 1 aromatic rings. The van der Waals surface area contributed by atoms with Crippen molar-refractivity contribution in [2.45, 2.75) is 70.1 Å². The van der Waals surface area contributed by atoms with Gasteiger partial charge in [-0.3, -0.25) is 24.0 Å². The Morgan fingerprint density at radius 1 is 0.811 bits per heavy atom. The van der Waals surface area contributed by atoms with E-state index < -0.39 is 66.1 Å². The first-order valence-corrected chi connectivity index (χ1v) is 11.8. The summed E-state index contributed by atoms with van der Waals surface area (Å²) in [4.78, 5) is 72.6. The lowest BCUT2D eigenvalue weighted by Gasteiger charge is -2.25. The van der Waals surface area contributed by atoms with Crippen LogP contribution in [-0.2, 0) is 35.2 Å². The number of amides is 5. The van der Waals surface area contributed by atoms with Crippen molar-refractivity contribution in [1.82, 2.24) is 16.0 Å². The lowest BCUT2D eigenvalue weighted by atomic mass is 10.0. The molecular formula is C24H36N6O7. The van der Waals surface area contributed by atoms with Crippen molar-refractivity contribution in [1.29, 1.82) is 0 Å². The smallest absolute Gasteiger partial charge is 0.326 e. The standard InChI is InChI=1S/C24H36N6O7/c1-13(2)10-15(25)21(33)29-17(11-14-6-4-3-5-7-14)23(35)28-16(8-9-19(26)31)22(34)30-18(24(36)37)12-20(27)32/h3-7,13,15-18H,8-12,25H2,1-2H3,(H2,26,31)(H2,27,32)(H,28,35)(H,29,33)(H,30,34)(H,36,37). The number of rotatable bonds is 16. The number of carboxylic acids is 1. The van der Waals surface area contributed by atoms with E-state index in [1.165, 1.54) is 0 Å². The van der Waals surface area contributed by atoms with Crippen molar-refractivity contribution < 1.29 is 33.9 Å². The van der Waals surface area contributed by atoms with Crippen molar-refractivity contribution in [2.75, 3.05) is 0 Å². The summed E-state index contributed by atoms with van der Waals surface area (Å²) in [5.41, 5.74) is 16.9. The molecule has 0 saturated heterocycles. The molecule has 10 N–H and O–H groups in total. The summed E-state index contributed by atoms with van der Waals surface area (Å²) in [6.45, 7) is 3.79. The minimum absolute atomic E-state index is 0.0659. The number of benzene rings is 1. The molecular weight excluding hydrogens is 484 g/mol. The lowest BCUT2D eigenvalue weighted by molar-refractivity contribution is -0.144. The Balaban J connectivity index is 3.14. The van der Waals surface area contributed by atoms with Crippen LogP contribution in [0.1, 0.15) is 45.1 Å². The van der Waals surface area contributed by atoms with Gasteiger partial charge in [0.2, 0.25) is 29.5 Å². The van der Waals surface area contributed by atoms with Gasteiger partial charge in [-0.15, -0.1) is 0 Å². The molecule has 0 bridgehead atoms. The third-order valence-corrected chi connectivity index (χ3v) is 5.31. The van der Waals surface area contributed by atoms with Crippen molar-refractivity contribution >= 4 is 35.5 Å². The Kier molecular flexibility index (Phi) is 12.7. The topological polar surface area (TPSA) is 237 Å². The molecule has 0 radical (unpaired) electrons. The first-order valence-electron chi connectivity index (χ1n) is 11.8. The SMILES string of the molecule is CC(C)CC(N)C(=O)NC(Cc1ccccc1)C(=O)NC(CCC(N)=O)C(=O)NC(CC(N)=O)C(=O)O. The molecule has 13 nitrogen and oxygen atoms in total. The Morgan fingerprint density at radius 3 is 1.86 bits per heavy atom. The number of nitrogens with two attached hydrogens (primary N) is 3. The molecule has 1 aromatic carbocycles. The van der Waals surface area contributed by atoms with E-state index in [2.05, 4.69) is 16.0 Å². The quantitative estimate of drug-likeness (QED) is 0.132. The fraction of sp³-hybridized carbons (Fsp3) is 0.500. The van der Waals surface area contributed by atoms with E-state index in [0.717, 1.165) is 0 Å². The second kappa shape index (κ2) is 15.2. The van der Waals surface area contributed by atoms with Crippen molar-refractivity contribution in [3.8, 4) is 0 Å². The van der Waals surface area contributed by atoms with Gasteiger partial charge in [0.25, 0.3) is 0 Å². The average molecular weight is 521 g/mol. The predicted octanol–water partition coefficient (Wildman–Crippen LogP) is -1.72. The molecule has 0 aliphatic carbocycles. The van der Waals surface area contributed by atoms with Crippen LogP contribution in [-0.4, -0.2) is 64.8 Å². The first kappa shape index (κ1) is 31.0. The molecule has 5 amide bonds. The van der Waals surface area contributed by atoms with Gasteiger partial charge >= 0.3 is 5.97 Å². The summed E-state index contributed by atoms with van der Waals surface area (Å²) in [5, 5.41) is 16.5. The number of primary amides is 2. The van der Waals surface area contributed by atoms with Crippen LogP contribution in [0.4, 0.5) is 0 Å². The molecule has 1 rings (SSSR count). The van der Waals surface area contributed by atoms with Gasteiger partial charge in [0, 0.05) is 12.8 Å². The molecule has 0 aromatic heterocycles. The van der Waals surface area contributed by atoms with Crippen LogP contribution in [0, 0.1) is 5.92 Å². The van der Waals surface area contributed by atoms with Gasteiger partial charge in [-0.05, 0) is 24.3 Å². The second-order valence-electron chi connectivity index (χ2n) is 9.12. The molecule has 4 unspecified atom stereocenters. The van der Waals surface area contributed by atoms with Crippen LogP contribution in [0.25, 0.3) is 0 Å². The van der Waals surface area contributed by atoms with Crippen LogP contribution in [0.3, 0.4) is 0 Å². The largest absolute Gasteiger partial charge is 0.480 e. The van der Waals surface area contributed by atoms with Gasteiger partial charge in [-0.25, -0.2) is 4.79 Å². The van der Waals surface area contributed by atoms with Crippen molar-refractivity contribution in [2.24, 2.45) is 23.1 Å². The lowest BCUT2D eigenvalue weighted by Crippen LogP contribution is -2.58. The zero-order valence-electron chi connectivity index (χ0n) is 20.9. The highest BCUT2D eigenvalue weighted by atomic mass is 16.4. The zero-order chi connectivity index (χ0) is 28.1. The second-order valence-corrected chi connectivity index (χ2v) is 9.12. The number of carbonyl (C=O) groups is 6. The van der Waals surface area contributed by atoms with E-state index in [1.807, 2.05) is 13.8 Å². The summed E-state index contributed by atoms with van der Waals surface area (Å²) in [6.07, 6.45) is -0.796. The Morgan fingerprint density at radius 2 is 1.35 bits per heavy atom. The maximum atomic E-state index is 13.2. The summed E-state index contributed by atoms with van der Waals surface area (Å²) in [5.74, 6) is -5.39. The van der Waals surface area contributed by atoms with Gasteiger partial charge in [0.05, 0.1) is 12.5 Å². The number of carboxylic acid groups (broad SMARTS) is 1. The molecule has 0 spiro atoms. The van der Waals surface area contributed by atoms with E-state index in [-0.39, 0.29) is 25.2 Å². The molecule has 37 heavy (non-hydrogen) atoms. The van der Waals surface area contributed by atoms with Crippen molar-refractivity contribution in [3.63, 3.8) is 0 Å². The third-order valence-electron chi connectivity index (χ3n) is 5.31. The van der Waals surface area contributed by atoms with E-state index in [0.29, 0.717) is 12.0 Å². The number of hydrogen-bond acceptors (Lipinski definition) is 7. The predicted molar refractivity (Wildman–Crippen MR) is 133 cm³/mol. The minimum Gasteiger partial charge on any atom is -0.480 e. The Hall–Kier alpha value is -4.00. The zero-order valence-corrected chi connectivity index (χ0v) is 20.9. The monoisotopic (exact) mass is 520 g/mol. The molecule has 4 atom stereocenters. The van der Waals surface area contributed by atoms with Gasteiger partial charge in [0.1, 0.15) is 18.1 Å². The van der Waals surface area contributed by atoms with E-state index in [1.54, 1.807) is 30.3 Å². The number of carbonyl (C=O) groups excluding carboxylic acids is 5. The Labute approximate surface area is 214 Å². The molecule has 0 heterocycles. The van der Waals surface area contributed by atoms with Gasteiger partial charge in [-0.1, -0.05) is 44.2 Å². The normalized spacial score (nSPS) is 14.1. The molecule has 0 aliphatic heterocycles. The number of aliphatic carboxylic acids is 1. The summed E-state index contributed by atoms with van der Waals surface area (Å²) in [6, 6.07) is 3.74. The molecule has 0 aliphatic rings. The Bertz CT molecular complexity index is 970. The summed E-state index contributed by atoms with van der Waals surface area (Å²) in [7, 11) is 0. The van der Waals surface area contributed by atoms with E-state index in [9.17, 15) is 33.9 Å². The average Bonchev–Trinajstić information content (AvgIpc) is 2.80. The molecule has 0 saturated carbocycles. The van der Waals surface area contributed by atoms with E-state index >= 15 is 0 Å². The number of hydrogen-bond donors (Lipinski definition) is 7. The fourth-order valence-corrected chi connectivity index (χ4v) is 3.45. The van der Waals surface area contributed by atoms with Gasteiger partial charge < -0.3 is 38.3 Å². The van der Waals surface area contributed by atoms with E-state index in [4.69, 9.17) is 17.2 Å². The first-order chi connectivity index (χ1) is 17.3. The van der Waals surface area contributed by atoms with Gasteiger partial charge in [0.15, 0.2) is 0 Å².